The molecule has 0 saturated carbocycles. The average molecular weight is 523 g/mol. The van der Waals surface area contributed by atoms with E-state index in [9.17, 15) is 9.90 Å². The van der Waals surface area contributed by atoms with Gasteiger partial charge in [0.05, 0.1) is 19.7 Å². The lowest BCUT2D eigenvalue weighted by molar-refractivity contribution is -0.137. The molecule has 2 aromatic carbocycles. The van der Waals surface area contributed by atoms with Gasteiger partial charge < -0.3 is 19.5 Å². The van der Waals surface area contributed by atoms with Crippen molar-refractivity contribution in [3.05, 3.63) is 65.9 Å². The number of fused-ring (bicyclic) bond motifs is 1. The predicted molar refractivity (Wildman–Crippen MR) is 148 cm³/mol. The summed E-state index contributed by atoms with van der Waals surface area (Å²) >= 11 is 0. The van der Waals surface area contributed by atoms with Crippen molar-refractivity contribution in [2.24, 2.45) is 11.8 Å². The molecule has 2 heterocycles. The Hall–Kier alpha value is -3.19. The van der Waals surface area contributed by atoms with E-state index < -0.39 is 12.1 Å². The van der Waals surface area contributed by atoms with Crippen LogP contribution in [0.5, 0.6) is 11.5 Å². The number of aliphatic carboxylic acids is 1. The standard InChI is InChI=1S/C31H39FN2O4/c1-37-25-9-5-22(6-10-25)4-3-18-34-19-16-23(24(21-34)8-14-31(35)36)7-12-29(32)27-15-17-33-30-13-11-26(38-2)20-28(27)30/h5-6,9-11,13,15,17,20,23-24,29H,3-4,7-8,12,14,16,18-19,21H2,1-2H3,(H,35,36)/t23-,24+,29?/m1/s1. The Bertz CT molecular complexity index is 1190. The lowest BCUT2D eigenvalue weighted by Crippen LogP contribution is -2.41. The maximum atomic E-state index is 15.6. The average Bonchev–Trinajstić information content (AvgIpc) is 2.95. The number of hydrogen-bond donors (Lipinski definition) is 1. The summed E-state index contributed by atoms with van der Waals surface area (Å²) in [5.41, 5.74) is 2.69. The molecule has 1 aromatic heterocycles. The van der Waals surface area contributed by atoms with Crippen molar-refractivity contribution in [3.8, 4) is 11.5 Å². The van der Waals surface area contributed by atoms with Crippen LogP contribution in [0.2, 0.25) is 0 Å². The van der Waals surface area contributed by atoms with Crippen molar-refractivity contribution in [1.29, 1.82) is 0 Å². The SMILES string of the molecule is COc1ccc(CCCN2CC[C@@H](CCC(F)c3ccnc4ccc(OC)cc34)[C@@H](CCC(=O)O)C2)cc1. The van der Waals surface area contributed by atoms with Gasteiger partial charge in [-0.15, -0.1) is 0 Å². The van der Waals surface area contributed by atoms with Gasteiger partial charge in [0.15, 0.2) is 0 Å². The van der Waals surface area contributed by atoms with Crippen LogP contribution in [0.15, 0.2) is 54.7 Å². The molecule has 0 amide bonds. The normalized spacial score (nSPS) is 18.8. The van der Waals surface area contributed by atoms with Crippen LogP contribution >= 0.6 is 0 Å². The van der Waals surface area contributed by atoms with Crippen LogP contribution in [0, 0.1) is 11.8 Å². The largest absolute Gasteiger partial charge is 0.497 e. The Morgan fingerprint density at radius 1 is 1.08 bits per heavy atom. The number of methoxy groups -OCH3 is 2. The number of likely N-dealkylation sites (tertiary alicyclic amines) is 1. The zero-order valence-corrected chi connectivity index (χ0v) is 22.4. The van der Waals surface area contributed by atoms with Gasteiger partial charge in [0.25, 0.3) is 0 Å². The second kappa shape index (κ2) is 13.6. The number of halogens is 1. The fourth-order valence-electron chi connectivity index (χ4n) is 5.74. The molecule has 6 nitrogen and oxygen atoms in total. The molecule has 4 rings (SSSR count). The highest BCUT2D eigenvalue weighted by Crippen LogP contribution is 2.36. The van der Waals surface area contributed by atoms with E-state index >= 15 is 4.39 Å². The lowest BCUT2D eigenvalue weighted by Gasteiger charge is -2.39. The topological polar surface area (TPSA) is 71.9 Å². The van der Waals surface area contributed by atoms with Crippen LogP contribution in [0.3, 0.4) is 0 Å². The van der Waals surface area contributed by atoms with Crippen molar-refractivity contribution in [3.63, 3.8) is 0 Å². The minimum absolute atomic E-state index is 0.161. The number of nitrogens with zero attached hydrogens (tertiary/aromatic N) is 2. The van der Waals surface area contributed by atoms with Crippen LogP contribution < -0.4 is 9.47 Å². The van der Waals surface area contributed by atoms with E-state index in [1.54, 1.807) is 26.5 Å². The molecular formula is C31H39FN2O4. The maximum absolute atomic E-state index is 15.6. The lowest BCUT2D eigenvalue weighted by atomic mass is 9.79. The van der Waals surface area contributed by atoms with Crippen LogP contribution in [-0.4, -0.2) is 54.8 Å². The van der Waals surface area contributed by atoms with Gasteiger partial charge in [-0.1, -0.05) is 12.1 Å². The van der Waals surface area contributed by atoms with Gasteiger partial charge in [-0.2, -0.15) is 0 Å². The first-order valence-electron chi connectivity index (χ1n) is 13.6. The molecule has 3 atom stereocenters. The van der Waals surface area contributed by atoms with Crippen LogP contribution in [0.1, 0.15) is 55.8 Å². The second-order valence-electron chi connectivity index (χ2n) is 10.3. The van der Waals surface area contributed by atoms with Gasteiger partial charge in [0, 0.05) is 24.5 Å². The second-order valence-corrected chi connectivity index (χ2v) is 10.3. The van der Waals surface area contributed by atoms with Gasteiger partial charge in [-0.25, -0.2) is 4.39 Å². The Morgan fingerprint density at radius 2 is 1.84 bits per heavy atom. The number of hydrogen-bond acceptors (Lipinski definition) is 5. The number of piperidine rings is 1. The molecule has 1 aliphatic rings. The van der Waals surface area contributed by atoms with E-state index in [-0.39, 0.29) is 12.3 Å². The highest BCUT2D eigenvalue weighted by Gasteiger charge is 2.30. The van der Waals surface area contributed by atoms with Crippen molar-refractivity contribution in [2.75, 3.05) is 33.9 Å². The van der Waals surface area contributed by atoms with E-state index in [0.29, 0.717) is 30.1 Å². The monoisotopic (exact) mass is 522 g/mol. The summed E-state index contributed by atoms with van der Waals surface area (Å²) in [6, 6.07) is 15.5. The third-order valence-corrected chi connectivity index (χ3v) is 7.91. The molecule has 1 aliphatic heterocycles. The summed E-state index contributed by atoms with van der Waals surface area (Å²) in [4.78, 5) is 18.2. The fourth-order valence-corrected chi connectivity index (χ4v) is 5.74. The first-order valence-corrected chi connectivity index (χ1v) is 13.6. The zero-order chi connectivity index (χ0) is 26.9. The zero-order valence-electron chi connectivity index (χ0n) is 22.4. The first-order chi connectivity index (χ1) is 18.5. The quantitative estimate of drug-likeness (QED) is 0.277. The number of ether oxygens (including phenoxy) is 2. The predicted octanol–water partition coefficient (Wildman–Crippen LogP) is 6.48. The number of carbonyl (C=O) groups is 1. The van der Waals surface area contributed by atoms with Crippen molar-refractivity contribution >= 4 is 16.9 Å². The van der Waals surface area contributed by atoms with Gasteiger partial charge in [-0.3, -0.25) is 9.78 Å². The summed E-state index contributed by atoms with van der Waals surface area (Å²) in [5, 5.41) is 10.1. The number of carboxylic acid groups (broad SMARTS) is 1. The molecule has 1 fully saturated rings. The third kappa shape index (κ3) is 7.44. The third-order valence-electron chi connectivity index (χ3n) is 7.91. The minimum atomic E-state index is -1.10. The molecule has 0 spiro atoms. The van der Waals surface area contributed by atoms with E-state index in [4.69, 9.17) is 9.47 Å². The first kappa shape index (κ1) is 27.8. The van der Waals surface area contributed by atoms with Crippen LogP contribution in [0.25, 0.3) is 10.9 Å². The molecule has 0 bridgehead atoms. The Balaban J connectivity index is 1.33. The summed E-state index contributed by atoms with van der Waals surface area (Å²) in [6.07, 6.45) is 5.56. The number of benzene rings is 2. The molecule has 0 aliphatic carbocycles. The van der Waals surface area contributed by atoms with Crippen LogP contribution in [-0.2, 0) is 11.2 Å². The molecule has 0 radical (unpaired) electrons. The number of aromatic nitrogens is 1. The summed E-state index contributed by atoms with van der Waals surface area (Å²) in [7, 11) is 3.28. The van der Waals surface area contributed by atoms with E-state index in [0.717, 1.165) is 62.0 Å². The van der Waals surface area contributed by atoms with E-state index in [2.05, 4.69) is 22.0 Å². The smallest absolute Gasteiger partial charge is 0.303 e. The van der Waals surface area contributed by atoms with E-state index in [1.165, 1.54) is 5.56 Å². The van der Waals surface area contributed by atoms with Crippen molar-refractivity contribution in [1.82, 2.24) is 9.88 Å². The molecule has 204 valence electrons. The Labute approximate surface area is 224 Å². The Morgan fingerprint density at radius 3 is 2.58 bits per heavy atom. The fraction of sp³-hybridized carbons (Fsp3) is 0.484. The molecule has 38 heavy (non-hydrogen) atoms. The molecule has 1 saturated heterocycles. The molecule has 1 N–H and O–H groups in total. The number of aryl methyl sites for hydroxylation is 1. The maximum Gasteiger partial charge on any atom is 0.303 e. The van der Waals surface area contributed by atoms with Gasteiger partial charge >= 0.3 is 5.97 Å². The summed E-state index contributed by atoms with van der Waals surface area (Å²) < 4.78 is 26.1. The summed E-state index contributed by atoms with van der Waals surface area (Å²) in [5.74, 6) is 1.38. The van der Waals surface area contributed by atoms with E-state index in [1.807, 2.05) is 30.3 Å². The van der Waals surface area contributed by atoms with Gasteiger partial charge in [0.1, 0.15) is 17.7 Å². The van der Waals surface area contributed by atoms with Crippen molar-refractivity contribution < 1.29 is 23.8 Å². The number of rotatable bonds is 13. The van der Waals surface area contributed by atoms with Gasteiger partial charge in [0.2, 0.25) is 0 Å². The van der Waals surface area contributed by atoms with Gasteiger partial charge in [-0.05, 0) is 111 Å². The highest BCUT2D eigenvalue weighted by molar-refractivity contribution is 5.83. The minimum Gasteiger partial charge on any atom is -0.497 e. The van der Waals surface area contributed by atoms with Crippen molar-refractivity contribution in [2.45, 2.75) is 51.1 Å². The Kier molecular flexibility index (Phi) is 9.93. The molecule has 1 unspecified atom stereocenters. The number of carboxylic acids is 1. The summed E-state index contributed by atoms with van der Waals surface area (Å²) in [6.45, 7) is 2.84. The molecule has 7 heteroatoms. The number of alkyl halides is 1. The molecule has 3 aromatic rings. The highest BCUT2D eigenvalue weighted by atomic mass is 19.1. The number of pyridine rings is 1. The van der Waals surface area contributed by atoms with Crippen LogP contribution in [0.4, 0.5) is 4.39 Å². The molecular weight excluding hydrogens is 483 g/mol.